The molecule has 1 rings (SSSR count). The molecule has 1 heterocycles. The largest absolute Gasteiger partial charge is 1.00 e. The number of quaternary nitrogens is 1. The van der Waals surface area contributed by atoms with E-state index in [-0.39, 0.29) is 23.0 Å². The van der Waals surface area contributed by atoms with E-state index in [0.717, 1.165) is 24.0 Å². The highest BCUT2D eigenvalue weighted by Gasteiger charge is 2.25. The summed E-state index contributed by atoms with van der Waals surface area (Å²) in [5.74, 6) is -0.118. The van der Waals surface area contributed by atoms with Gasteiger partial charge in [0.25, 0.3) is 0 Å². The number of halogens is 1. The van der Waals surface area contributed by atoms with Gasteiger partial charge in [0.15, 0.2) is 6.54 Å². The van der Waals surface area contributed by atoms with Crippen molar-refractivity contribution < 1.29 is 31.0 Å². The Kier molecular flexibility index (Phi) is 5.25. The van der Waals surface area contributed by atoms with E-state index < -0.39 is 0 Å². The first-order valence-corrected chi connectivity index (χ1v) is 4.22. The Morgan fingerprint density at radius 2 is 2.23 bits per heavy atom. The zero-order valence-electron chi connectivity index (χ0n) is 8.12. The SMILES string of the molecule is COC(=O)C[N+]1(C)CC=CCC1.[Br-]. The maximum absolute atomic E-state index is 11.0. The lowest BCUT2D eigenvalue weighted by Gasteiger charge is -2.33. The zero-order chi connectivity index (χ0) is 9.03. The van der Waals surface area contributed by atoms with Crippen LogP contribution in [0.4, 0.5) is 0 Å². The predicted molar refractivity (Wildman–Crippen MR) is 46.6 cm³/mol. The molecule has 76 valence electrons. The quantitative estimate of drug-likeness (QED) is 0.309. The highest BCUT2D eigenvalue weighted by atomic mass is 79.9. The van der Waals surface area contributed by atoms with Gasteiger partial charge < -0.3 is 26.2 Å². The third kappa shape index (κ3) is 3.91. The Balaban J connectivity index is 0.00000144. The molecule has 0 aromatic rings. The summed E-state index contributed by atoms with van der Waals surface area (Å²) < 4.78 is 5.42. The first kappa shape index (κ1) is 12.7. The molecule has 0 bridgehead atoms. The molecule has 3 nitrogen and oxygen atoms in total. The highest BCUT2D eigenvalue weighted by molar-refractivity contribution is 5.70. The van der Waals surface area contributed by atoms with Crippen LogP contribution in [0.15, 0.2) is 12.2 Å². The van der Waals surface area contributed by atoms with Gasteiger partial charge in [0.2, 0.25) is 0 Å². The van der Waals surface area contributed by atoms with Crippen molar-refractivity contribution in [2.24, 2.45) is 0 Å². The minimum absolute atomic E-state index is 0. The van der Waals surface area contributed by atoms with E-state index >= 15 is 0 Å². The molecule has 0 amide bonds. The minimum Gasteiger partial charge on any atom is -1.00 e. The van der Waals surface area contributed by atoms with E-state index in [1.54, 1.807) is 0 Å². The van der Waals surface area contributed by atoms with Crippen LogP contribution in [0.3, 0.4) is 0 Å². The number of nitrogens with zero attached hydrogens (tertiary/aromatic N) is 1. The van der Waals surface area contributed by atoms with E-state index in [9.17, 15) is 4.79 Å². The van der Waals surface area contributed by atoms with Gasteiger partial charge in [-0.25, -0.2) is 4.79 Å². The first-order chi connectivity index (χ1) is 5.66. The van der Waals surface area contributed by atoms with E-state index in [1.165, 1.54) is 7.11 Å². The summed E-state index contributed by atoms with van der Waals surface area (Å²) in [5.41, 5.74) is 0. The van der Waals surface area contributed by atoms with Crippen LogP contribution in [-0.4, -0.2) is 44.2 Å². The second-order valence-corrected chi connectivity index (χ2v) is 3.52. The summed E-state index contributed by atoms with van der Waals surface area (Å²) in [6.45, 7) is 2.46. The topological polar surface area (TPSA) is 26.3 Å². The van der Waals surface area contributed by atoms with Crippen LogP contribution in [0.5, 0.6) is 0 Å². The van der Waals surface area contributed by atoms with Crippen molar-refractivity contribution in [1.29, 1.82) is 0 Å². The fourth-order valence-corrected chi connectivity index (χ4v) is 1.44. The van der Waals surface area contributed by atoms with Gasteiger partial charge >= 0.3 is 5.97 Å². The molecular weight excluding hydrogens is 234 g/mol. The Bertz CT molecular complexity index is 206. The number of esters is 1. The molecule has 0 saturated carbocycles. The minimum atomic E-state index is -0.118. The summed E-state index contributed by atoms with van der Waals surface area (Å²) in [6, 6.07) is 0. The van der Waals surface area contributed by atoms with Crippen molar-refractivity contribution in [2.75, 3.05) is 33.8 Å². The van der Waals surface area contributed by atoms with Gasteiger partial charge in [-0.05, 0) is 6.08 Å². The lowest BCUT2D eigenvalue weighted by molar-refractivity contribution is -0.898. The number of likely N-dealkylation sites (N-methyl/N-ethyl adjacent to an activating group) is 1. The third-order valence-corrected chi connectivity index (χ3v) is 2.29. The molecule has 0 aromatic carbocycles. The molecule has 0 radical (unpaired) electrons. The van der Waals surface area contributed by atoms with Crippen LogP contribution >= 0.6 is 0 Å². The summed E-state index contributed by atoms with van der Waals surface area (Å²) in [7, 11) is 3.52. The molecular formula is C9H16BrNO2. The standard InChI is InChI=1S/C9H16NO2.BrH/c1-10(8-9(11)12-2)6-4-3-5-7-10;/h3-4H,5-8H2,1-2H3;1H/q+1;/p-1. The zero-order valence-corrected chi connectivity index (χ0v) is 9.71. The number of rotatable bonds is 2. The monoisotopic (exact) mass is 249 g/mol. The first-order valence-electron chi connectivity index (χ1n) is 4.22. The van der Waals surface area contributed by atoms with Crippen molar-refractivity contribution in [3.8, 4) is 0 Å². The number of ether oxygens (including phenoxy) is 1. The normalized spacial score (nSPS) is 26.3. The van der Waals surface area contributed by atoms with Gasteiger partial charge in [-0.1, -0.05) is 6.08 Å². The van der Waals surface area contributed by atoms with E-state index in [0.29, 0.717) is 6.54 Å². The van der Waals surface area contributed by atoms with Crippen LogP contribution in [0.2, 0.25) is 0 Å². The average Bonchev–Trinajstić information content (AvgIpc) is 2.05. The second-order valence-electron chi connectivity index (χ2n) is 3.52. The molecule has 4 heteroatoms. The number of carbonyl (C=O) groups is 1. The van der Waals surface area contributed by atoms with Crippen LogP contribution in [-0.2, 0) is 9.53 Å². The molecule has 1 aliphatic heterocycles. The fourth-order valence-electron chi connectivity index (χ4n) is 1.44. The summed E-state index contributed by atoms with van der Waals surface area (Å²) >= 11 is 0. The molecule has 0 aliphatic carbocycles. The maximum Gasteiger partial charge on any atom is 0.361 e. The van der Waals surface area contributed by atoms with Crippen molar-refractivity contribution in [3.05, 3.63) is 12.2 Å². The molecule has 0 spiro atoms. The van der Waals surface area contributed by atoms with E-state index in [1.807, 2.05) is 0 Å². The Labute approximate surface area is 89.7 Å². The van der Waals surface area contributed by atoms with Gasteiger partial charge in [0, 0.05) is 6.42 Å². The van der Waals surface area contributed by atoms with Gasteiger partial charge in [0.1, 0.15) is 0 Å². The highest BCUT2D eigenvalue weighted by Crippen LogP contribution is 2.10. The molecule has 1 atom stereocenters. The van der Waals surface area contributed by atoms with Crippen LogP contribution in [0.1, 0.15) is 6.42 Å². The molecule has 0 N–H and O–H groups in total. The summed E-state index contributed by atoms with van der Waals surface area (Å²) in [5, 5.41) is 0. The number of hydrogen-bond acceptors (Lipinski definition) is 2. The van der Waals surface area contributed by atoms with Crippen LogP contribution < -0.4 is 17.0 Å². The number of carbonyl (C=O) groups excluding carboxylic acids is 1. The molecule has 1 aliphatic rings. The maximum atomic E-state index is 11.0. The van der Waals surface area contributed by atoms with Gasteiger partial charge in [-0.2, -0.15) is 0 Å². The van der Waals surface area contributed by atoms with E-state index in [2.05, 4.69) is 23.9 Å². The second kappa shape index (κ2) is 5.40. The Morgan fingerprint density at radius 1 is 1.54 bits per heavy atom. The number of methoxy groups -OCH3 is 1. The lowest BCUT2D eigenvalue weighted by atomic mass is 10.2. The molecule has 13 heavy (non-hydrogen) atoms. The van der Waals surface area contributed by atoms with Crippen molar-refractivity contribution >= 4 is 5.97 Å². The summed E-state index contributed by atoms with van der Waals surface area (Å²) in [6.07, 6.45) is 5.36. The molecule has 0 fully saturated rings. The average molecular weight is 250 g/mol. The van der Waals surface area contributed by atoms with Crippen LogP contribution in [0, 0.1) is 0 Å². The predicted octanol–water partition coefficient (Wildman–Crippen LogP) is -2.43. The lowest BCUT2D eigenvalue weighted by Crippen LogP contribution is -3.00. The Morgan fingerprint density at radius 3 is 2.69 bits per heavy atom. The fraction of sp³-hybridized carbons (Fsp3) is 0.667. The van der Waals surface area contributed by atoms with Gasteiger partial charge in [-0.15, -0.1) is 0 Å². The van der Waals surface area contributed by atoms with E-state index in [4.69, 9.17) is 0 Å². The number of hydrogen-bond donors (Lipinski definition) is 0. The Hall–Kier alpha value is -0.350. The van der Waals surface area contributed by atoms with Crippen molar-refractivity contribution in [1.82, 2.24) is 0 Å². The smallest absolute Gasteiger partial charge is 0.361 e. The summed E-state index contributed by atoms with van der Waals surface area (Å²) in [4.78, 5) is 11.0. The van der Waals surface area contributed by atoms with Gasteiger partial charge in [-0.3, -0.25) is 0 Å². The molecule has 0 aromatic heterocycles. The van der Waals surface area contributed by atoms with Crippen LogP contribution in [0.25, 0.3) is 0 Å². The van der Waals surface area contributed by atoms with Crippen molar-refractivity contribution in [2.45, 2.75) is 6.42 Å². The third-order valence-electron chi connectivity index (χ3n) is 2.29. The molecule has 0 saturated heterocycles. The van der Waals surface area contributed by atoms with Crippen molar-refractivity contribution in [3.63, 3.8) is 0 Å². The van der Waals surface area contributed by atoms with Gasteiger partial charge in [0.05, 0.1) is 27.2 Å². The molecule has 1 unspecified atom stereocenters.